The van der Waals surface area contributed by atoms with Crippen molar-refractivity contribution in [3.8, 4) is 0 Å². The lowest BCUT2D eigenvalue weighted by atomic mass is 9.90. The first-order valence-electron chi connectivity index (χ1n) is 6.66. The van der Waals surface area contributed by atoms with Gasteiger partial charge in [-0.3, -0.25) is 4.79 Å². The number of rotatable bonds is 1. The lowest BCUT2D eigenvalue weighted by molar-refractivity contribution is -0.138. The van der Waals surface area contributed by atoms with Crippen molar-refractivity contribution < 1.29 is 4.79 Å². The Morgan fingerprint density at radius 2 is 1.94 bits per heavy atom. The predicted octanol–water partition coefficient (Wildman–Crippen LogP) is 1.49. The minimum atomic E-state index is 0.242. The summed E-state index contributed by atoms with van der Waals surface area (Å²) in [6, 6.07) is 0. The number of piperidine rings is 2. The molecule has 3 nitrogen and oxygen atoms in total. The molecule has 1 amide bonds. The molecule has 2 saturated heterocycles. The minimum Gasteiger partial charge on any atom is -0.342 e. The van der Waals surface area contributed by atoms with Crippen LogP contribution in [-0.2, 0) is 4.79 Å². The molecule has 0 aromatic rings. The van der Waals surface area contributed by atoms with Crippen LogP contribution in [0, 0.1) is 17.8 Å². The largest absolute Gasteiger partial charge is 0.342 e. The molecule has 3 heteroatoms. The van der Waals surface area contributed by atoms with E-state index in [1.165, 1.54) is 6.42 Å². The minimum absolute atomic E-state index is 0.242. The number of nitrogens with one attached hydrogen (secondary N) is 1. The predicted molar refractivity (Wildman–Crippen MR) is 65.1 cm³/mol. The molecule has 0 radical (unpaired) electrons. The highest BCUT2D eigenvalue weighted by atomic mass is 16.2. The Hall–Kier alpha value is -0.570. The molecule has 1 N–H and O–H groups in total. The molecule has 0 aliphatic carbocycles. The van der Waals surface area contributed by atoms with E-state index in [4.69, 9.17) is 0 Å². The zero-order valence-corrected chi connectivity index (χ0v) is 10.5. The molecule has 2 aliphatic rings. The van der Waals surface area contributed by atoms with Gasteiger partial charge >= 0.3 is 0 Å². The molecule has 92 valence electrons. The summed E-state index contributed by atoms with van der Waals surface area (Å²) in [6.07, 6.45) is 3.49. The highest BCUT2D eigenvalue weighted by molar-refractivity contribution is 5.79. The third-order valence-corrected chi connectivity index (χ3v) is 3.83. The summed E-state index contributed by atoms with van der Waals surface area (Å²) < 4.78 is 0. The van der Waals surface area contributed by atoms with Crippen LogP contribution in [0.15, 0.2) is 0 Å². The average Bonchev–Trinajstić information content (AvgIpc) is 2.28. The van der Waals surface area contributed by atoms with Crippen LogP contribution in [0.1, 0.15) is 33.1 Å². The van der Waals surface area contributed by atoms with E-state index >= 15 is 0 Å². The van der Waals surface area contributed by atoms with Gasteiger partial charge in [-0.1, -0.05) is 13.8 Å². The first kappa shape index (κ1) is 11.9. The Morgan fingerprint density at radius 3 is 2.50 bits per heavy atom. The van der Waals surface area contributed by atoms with Crippen LogP contribution in [-0.4, -0.2) is 37.0 Å². The van der Waals surface area contributed by atoms with Crippen molar-refractivity contribution in [1.29, 1.82) is 0 Å². The van der Waals surface area contributed by atoms with E-state index in [9.17, 15) is 4.79 Å². The van der Waals surface area contributed by atoms with Gasteiger partial charge in [0.2, 0.25) is 5.91 Å². The second-order valence-electron chi connectivity index (χ2n) is 5.73. The van der Waals surface area contributed by atoms with Crippen molar-refractivity contribution in [3.05, 3.63) is 0 Å². The molecule has 0 aromatic carbocycles. The van der Waals surface area contributed by atoms with Crippen molar-refractivity contribution in [3.63, 3.8) is 0 Å². The Balaban J connectivity index is 1.92. The Labute approximate surface area is 98.6 Å². The molecule has 2 fully saturated rings. The van der Waals surface area contributed by atoms with Gasteiger partial charge in [0.05, 0.1) is 5.92 Å². The van der Waals surface area contributed by atoms with E-state index in [0.29, 0.717) is 17.7 Å². The topological polar surface area (TPSA) is 32.3 Å². The summed E-state index contributed by atoms with van der Waals surface area (Å²) in [5.41, 5.74) is 0. The fourth-order valence-corrected chi connectivity index (χ4v) is 3.16. The molecule has 0 spiro atoms. The van der Waals surface area contributed by atoms with Gasteiger partial charge in [0.15, 0.2) is 0 Å². The third kappa shape index (κ3) is 2.76. The SMILES string of the molecule is CC1CC(C)CN(C(=O)[C@H]2CCCNC2)C1. The quantitative estimate of drug-likeness (QED) is 0.732. The lowest BCUT2D eigenvalue weighted by Crippen LogP contribution is -2.48. The summed E-state index contributed by atoms with van der Waals surface area (Å²) in [4.78, 5) is 14.4. The van der Waals surface area contributed by atoms with Gasteiger partial charge in [0.25, 0.3) is 0 Å². The van der Waals surface area contributed by atoms with Gasteiger partial charge in [-0.2, -0.15) is 0 Å². The van der Waals surface area contributed by atoms with Crippen molar-refractivity contribution in [2.45, 2.75) is 33.1 Å². The van der Waals surface area contributed by atoms with E-state index in [1.54, 1.807) is 0 Å². The second kappa shape index (κ2) is 5.17. The first-order valence-corrected chi connectivity index (χ1v) is 6.66. The third-order valence-electron chi connectivity index (χ3n) is 3.83. The normalized spacial score (nSPS) is 36.1. The number of hydrogen-bond acceptors (Lipinski definition) is 2. The molecule has 3 atom stereocenters. The second-order valence-corrected chi connectivity index (χ2v) is 5.73. The Kier molecular flexibility index (Phi) is 3.85. The number of carbonyl (C=O) groups excluding carboxylic acids is 1. The monoisotopic (exact) mass is 224 g/mol. The highest BCUT2D eigenvalue weighted by Gasteiger charge is 2.30. The zero-order chi connectivity index (χ0) is 11.5. The van der Waals surface area contributed by atoms with E-state index in [1.807, 2.05) is 0 Å². The van der Waals surface area contributed by atoms with Crippen LogP contribution in [0.25, 0.3) is 0 Å². The van der Waals surface area contributed by atoms with Crippen molar-refractivity contribution in [1.82, 2.24) is 10.2 Å². The van der Waals surface area contributed by atoms with E-state index in [2.05, 4.69) is 24.1 Å². The number of amides is 1. The molecule has 0 aromatic heterocycles. The summed E-state index contributed by atoms with van der Waals surface area (Å²) in [5.74, 6) is 1.98. The molecule has 0 saturated carbocycles. The maximum absolute atomic E-state index is 12.3. The average molecular weight is 224 g/mol. The summed E-state index contributed by atoms with van der Waals surface area (Å²) in [7, 11) is 0. The molecular formula is C13H24N2O. The van der Waals surface area contributed by atoms with Gasteiger partial charge < -0.3 is 10.2 Å². The summed E-state index contributed by atoms with van der Waals surface area (Å²) in [6.45, 7) is 8.43. The fraction of sp³-hybridized carbons (Fsp3) is 0.923. The smallest absolute Gasteiger partial charge is 0.226 e. The van der Waals surface area contributed by atoms with E-state index in [0.717, 1.165) is 39.0 Å². The van der Waals surface area contributed by atoms with Crippen LogP contribution in [0.5, 0.6) is 0 Å². The highest BCUT2D eigenvalue weighted by Crippen LogP contribution is 2.23. The van der Waals surface area contributed by atoms with Crippen molar-refractivity contribution in [2.75, 3.05) is 26.2 Å². The van der Waals surface area contributed by atoms with Crippen LogP contribution in [0.2, 0.25) is 0 Å². The maximum atomic E-state index is 12.3. The number of carbonyl (C=O) groups is 1. The Morgan fingerprint density at radius 1 is 1.25 bits per heavy atom. The molecule has 0 bridgehead atoms. The number of nitrogens with zero attached hydrogens (tertiary/aromatic N) is 1. The molecule has 2 rings (SSSR count). The standard InChI is InChI=1S/C13H24N2O/c1-10-6-11(2)9-15(8-10)13(16)12-4-3-5-14-7-12/h10-12,14H,3-9H2,1-2H3/t10?,11?,12-/m0/s1. The maximum Gasteiger partial charge on any atom is 0.226 e. The fourth-order valence-electron chi connectivity index (χ4n) is 3.16. The van der Waals surface area contributed by atoms with Crippen LogP contribution in [0.3, 0.4) is 0 Å². The van der Waals surface area contributed by atoms with Gasteiger partial charge in [-0.15, -0.1) is 0 Å². The molecule has 2 aliphatic heterocycles. The number of hydrogen-bond donors (Lipinski definition) is 1. The Bertz CT molecular complexity index is 238. The zero-order valence-electron chi connectivity index (χ0n) is 10.5. The molecule has 16 heavy (non-hydrogen) atoms. The van der Waals surface area contributed by atoms with Crippen LogP contribution >= 0.6 is 0 Å². The molecule has 2 unspecified atom stereocenters. The van der Waals surface area contributed by atoms with E-state index < -0.39 is 0 Å². The molecule has 2 heterocycles. The summed E-state index contributed by atoms with van der Waals surface area (Å²) >= 11 is 0. The van der Waals surface area contributed by atoms with Gasteiger partial charge in [-0.05, 0) is 37.6 Å². The van der Waals surface area contributed by atoms with Crippen LogP contribution in [0.4, 0.5) is 0 Å². The van der Waals surface area contributed by atoms with E-state index in [-0.39, 0.29) is 5.92 Å². The van der Waals surface area contributed by atoms with Crippen LogP contribution < -0.4 is 5.32 Å². The van der Waals surface area contributed by atoms with Crippen molar-refractivity contribution in [2.24, 2.45) is 17.8 Å². The van der Waals surface area contributed by atoms with Crippen molar-refractivity contribution >= 4 is 5.91 Å². The van der Waals surface area contributed by atoms with Gasteiger partial charge in [-0.25, -0.2) is 0 Å². The first-order chi connectivity index (χ1) is 7.66. The number of likely N-dealkylation sites (tertiary alicyclic amines) is 1. The molecular weight excluding hydrogens is 200 g/mol. The van der Waals surface area contributed by atoms with Gasteiger partial charge in [0, 0.05) is 19.6 Å². The lowest BCUT2D eigenvalue weighted by Gasteiger charge is -2.37. The summed E-state index contributed by atoms with van der Waals surface area (Å²) in [5, 5.41) is 3.33. The van der Waals surface area contributed by atoms with Gasteiger partial charge in [0.1, 0.15) is 0 Å².